The van der Waals surface area contributed by atoms with Gasteiger partial charge in [0, 0.05) is 11.5 Å². The number of aromatic nitrogens is 1. The molecule has 1 aromatic carbocycles. The van der Waals surface area contributed by atoms with Gasteiger partial charge in [0.25, 0.3) is 5.92 Å². The SMILES string of the molecule is CC(C)C1C(c2cnc(-c3ccccc3)o2)C1(F)F. The molecule has 1 aliphatic carbocycles. The predicted molar refractivity (Wildman–Crippen MR) is 68.0 cm³/mol. The lowest BCUT2D eigenvalue weighted by molar-refractivity contribution is 0.0826. The van der Waals surface area contributed by atoms with E-state index < -0.39 is 17.8 Å². The summed E-state index contributed by atoms with van der Waals surface area (Å²) in [6.45, 7) is 3.63. The maximum atomic E-state index is 13.7. The number of nitrogens with zero attached hydrogens (tertiary/aromatic N) is 1. The molecule has 2 nitrogen and oxygen atoms in total. The van der Waals surface area contributed by atoms with E-state index in [1.54, 1.807) is 0 Å². The van der Waals surface area contributed by atoms with E-state index in [0.717, 1.165) is 5.56 Å². The topological polar surface area (TPSA) is 26.0 Å². The van der Waals surface area contributed by atoms with Crippen LogP contribution < -0.4 is 0 Å². The average Bonchev–Trinajstić information content (AvgIpc) is 2.76. The molecule has 1 fully saturated rings. The zero-order valence-electron chi connectivity index (χ0n) is 10.8. The summed E-state index contributed by atoms with van der Waals surface area (Å²) < 4.78 is 33.0. The summed E-state index contributed by atoms with van der Waals surface area (Å²) >= 11 is 0. The van der Waals surface area contributed by atoms with Gasteiger partial charge in [-0.3, -0.25) is 0 Å². The highest BCUT2D eigenvalue weighted by Gasteiger charge is 2.71. The molecule has 100 valence electrons. The predicted octanol–water partition coefficient (Wildman–Crippen LogP) is 4.35. The molecule has 4 heteroatoms. The van der Waals surface area contributed by atoms with Crippen molar-refractivity contribution in [2.75, 3.05) is 0 Å². The molecule has 2 atom stereocenters. The number of oxazole rings is 1. The van der Waals surface area contributed by atoms with E-state index in [1.807, 2.05) is 44.2 Å². The van der Waals surface area contributed by atoms with Crippen LogP contribution in [-0.2, 0) is 0 Å². The van der Waals surface area contributed by atoms with Crippen LogP contribution in [0.15, 0.2) is 40.9 Å². The third kappa shape index (κ3) is 1.95. The highest BCUT2D eigenvalue weighted by Crippen LogP contribution is 2.64. The van der Waals surface area contributed by atoms with Gasteiger partial charge in [-0.15, -0.1) is 0 Å². The third-order valence-electron chi connectivity index (χ3n) is 3.68. The van der Waals surface area contributed by atoms with Gasteiger partial charge in [-0.25, -0.2) is 13.8 Å². The molecule has 19 heavy (non-hydrogen) atoms. The van der Waals surface area contributed by atoms with E-state index in [1.165, 1.54) is 6.20 Å². The van der Waals surface area contributed by atoms with Gasteiger partial charge in [0.15, 0.2) is 0 Å². The molecule has 2 aromatic rings. The number of alkyl halides is 2. The van der Waals surface area contributed by atoms with Crippen LogP contribution in [0.3, 0.4) is 0 Å². The first-order valence-electron chi connectivity index (χ1n) is 6.40. The van der Waals surface area contributed by atoms with Crippen LogP contribution in [0.5, 0.6) is 0 Å². The Labute approximate surface area is 110 Å². The Morgan fingerprint density at radius 3 is 2.47 bits per heavy atom. The van der Waals surface area contributed by atoms with Crippen molar-refractivity contribution in [3.63, 3.8) is 0 Å². The number of halogens is 2. The molecular formula is C15H15F2NO. The fourth-order valence-electron chi connectivity index (χ4n) is 2.69. The highest BCUT2D eigenvalue weighted by molar-refractivity contribution is 5.52. The number of hydrogen-bond donors (Lipinski definition) is 0. The van der Waals surface area contributed by atoms with Crippen LogP contribution in [0.25, 0.3) is 11.5 Å². The Morgan fingerprint density at radius 1 is 1.21 bits per heavy atom. The zero-order valence-corrected chi connectivity index (χ0v) is 10.8. The maximum Gasteiger partial charge on any atom is 0.262 e. The molecule has 1 heterocycles. The minimum atomic E-state index is -2.67. The van der Waals surface area contributed by atoms with E-state index in [9.17, 15) is 8.78 Å². The molecule has 3 rings (SSSR count). The summed E-state index contributed by atoms with van der Waals surface area (Å²) in [5, 5.41) is 0. The molecule has 1 aliphatic rings. The monoisotopic (exact) mass is 263 g/mol. The Balaban J connectivity index is 1.88. The van der Waals surface area contributed by atoms with Crippen LogP contribution >= 0.6 is 0 Å². The average molecular weight is 263 g/mol. The molecule has 1 saturated carbocycles. The van der Waals surface area contributed by atoms with E-state index in [0.29, 0.717) is 11.7 Å². The quantitative estimate of drug-likeness (QED) is 0.823. The number of hydrogen-bond acceptors (Lipinski definition) is 2. The van der Waals surface area contributed by atoms with Gasteiger partial charge in [-0.05, 0) is 18.1 Å². The minimum absolute atomic E-state index is 0.0646. The Morgan fingerprint density at radius 2 is 1.89 bits per heavy atom. The molecule has 0 spiro atoms. The fourth-order valence-corrected chi connectivity index (χ4v) is 2.69. The van der Waals surface area contributed by atoms with Crippen LogP contribution in [0.1, 0.15) is 25.5 Å². The molecule has 2 unspecified atom stereocenters. The van der Waals surface area contributed by atoms with Crippen molar-refractivity contribution in [2.45, 2.75) is 25.7 Å². The van der Waals surface area contributed by atoms with Gasteiger partial charge in [0.2, 0.25) is 5.89 Å². The van der Waals surface area contributed by atoms with Gasteiger partial charge in [0.1, 0.15) is 5.76 Å². The fraction of sp³-hybridized carbons (Fsp3) is 0.400. The van der Waals surface area contributed by atoms with Crippen molar-refractivity contribution in [1.29, 1.82) is 0 Å². The van der Waals surface area contributed by atoms with Gasteiger partial charge < -0.3 is 4.42 Å². The lowest BCUT2D eigenvalue weighted by atomic mass is 10.1. The molecule has 0 amide bonds. The summed E-state index contributed by atoms with van der Waals surface area (Å²) in [6, 6.07) is 9.31. The van der Waals surface area contributed by atoms with Crippen molar-refractivity contribution >= 4 is 0 Å². The smallest absolute Gasteiger partial charge is 0.262 e. The highest BCUT2D eigenvalue weighted by atomic mass is 19.3. The van der Waals surface area contributed by atoms with Crippen molar-refractivity contribution in [2.24, 2.45) is 11.8 Å². The molecule has 0 bridgehead atoms. The number of rotatable bonds is 3. The molecular weight excluding hydrogens is 248 g/mol. The summed E-state index contributed by atoms with van der Waals surface area (Å²) in [6.07, 6.45) is 1.43. The van der Waals surface area contributed by atoms with Gasteiger partial charge >= 0.3 is 0 Å². The zero-order chi connectivity index (χ0) is 13.6. The summed E-state index contributed by atoms with van der Waals surface area (Å²) in [5.41, 5.74) is 0.804. The summed E-state index contributed by atoms with van der Waals surface area (Å²) in [7, 11) is 0. The van der Waals surface area contributed by atoms with E-state index in [-0.39, 0.29) is 5.92 Å². The molecule has 0 N–H and O–H groups in total. The summed E-state index contributed by atoms with van der Waals surface area (Å²) in [4.78, 5) is 4.11. The first-order chi connectivity index (χ1) is 9.01. The second kappa shape index (κ2) is 4.15. The van der Waals surface area contributed by atoms with Gasteiger partial charge in [0.05, 0.1) is 12.1 Å². The Bertz CT molecular complexity index is 577. The van der Waals surface area contributed by atoms with Crippen LogP contribution in [0.2, 0.25) is 0 Å². The van der Waals surface area contributed by atoms with Crippen LogP contribution in [0, 0.1) is 11.8 Å². The van der Waals surface area contributed by atoms with E-state index in [2.05, 4.69) is 4.98 Å². The summed E-state index contributed by atoms with van der Waals surface area (Å²) in [5.74, 6) is -3.49. The molecule has 0 saturated heterocycles. The lowest BCUT2D eigenvalue weighted by Crippen LogP contribution is -1.99. The standard InChI is InChI=1S/C15H15F2NO/c1-9(2)12-13(15(12,16)17)11-8-18-14(19-11)10-6-4-3-5-7-10/h3-9,12-13H,1-2H3. The van der Waals surface area contributed by atoms with Gasteiger partial charge in [-0.1, -0.05) is 32.0 Å². The number of benzene rings is 1. The second-order valence-corrected chi connectivity index (χ2v) is 5.36. The first-order valence-corrected chi connectivity index (χ1v) is 6.40. The second-order valence-electron chi connectivity index (χ2n) is 5.36. The largest absolute Gasteiger partial charge is 0.441 e. The molecule has 0 radical (unpaired) electrons. The van der Waals surface area contributed by atoms with Crippen LogP contribution in [-0.4, -0.2) is 10.9 Å². The lowest BCUT2D eigenvalue weighted by Gasteiger charge is -1.99. The first kappa shape index (κ1) is 12.3. The van der Waals surface area contributed by atoms with Crippen molar-refractivity contribution in [3.05, 3.63) is 42.3 Å². The van der Waals surface area contributed by atoms with E-state index in [4.69, 9.17) is 4.42 Å². The molecule has 0 aliphatic heterocycles. The normalized spacial score (nSPS) is 24.7. The Hall–Kier alpha value is -1.71. The van der Waals surface area contributed by atoms with Crippen molar-refractivity contribution < 1.29 is 13.2 Å². The third-order valence-corrected chi connectivity index (χ3v) is 3.68. The van der Waals surface area contributed by atoms with E-state index >= 15 is 0 Å². The van der Waals surface area contributed by atoms with Gasteiger partial charge in [-0.2, -0.15) is 0 Å². The van der Waals surface area contributed by atoms with Crippen LogP contribution in [0.4, 0.5) is 8.78 Å². The van der Waals surface area contributed by atoms with Crippen molar-refractivity contribution in [1.82, 2.24) is 4.98 Å². The van der Waals surface area contributed by atoms with Crippen molar-refractivity contribution in [3.8, 4) is 11.5 Å². The molecule has 1 aromatic heterocycles. The Kier molecular flexibility index (Phi) is 2.69. The maximum absolute atomic E-state index is 13.7. The minimum Gasteiger partial charge on any atom is -0.441 e.